The monoisotopic (exact) mass is 295 g/mol. The van der Waals surface area contributed by atoms with E-state index in [0.29, 0.717) is 31.8 Å². The maximum atomic E-state index is 11.4. The minimum atomic E-state index is -0.539. The molecular formula is C13H17N3O5. The number of likely N-dealkylation sites (tertiary alicyclic amines) is 1. The van der Waals surface area contributed by atoms with Crippen molar-refractivity contribution < 1.29 is 23.8 Å². The quantitative estimate of drug-likeness (QED) is 0.764. The molecule has 2 rings (SSSR count). The van der Waals surface area contributed by atoms with Gasteiger partial charge in [0, 0.05) is 32.0 Å². The molecule has 1 aromatic heterocycles. The highest BCUT2D eigenvalue weighted by atomic mass is 16.5. The van der Waals surface area contributed by atoms with Crippen LogP contribution >= 0.6 is 0 Å². The molecule has 0 atom stereocenters. The van der Waals surface area contributed by atoms with Gasteiger partial charge in [-0.2, -0.15) is 0 Å². The number of hydrogen-bond donors (Lipinski definition) is 0. The van der Waals surface area contributed by atoms with Gasteiger partial charge in [0.2, 0.25) is 5.88 Å². The first-order valence-corrected chi connectivity index (χ1v) is 6.54. The molecule has 2 heterocycles. The third kappa shape index (κ3) is 3.80. The maximum absolute atomic E-state index is 11.4. The van der Waals surface area contributed by atoms with Crippen molar-refractivity contribution in [1.29, 1.82) is 0 Å². The lowest BCUT2D eigenvalue weighted by molar-refractivity contribution is 0.0588. The van der Waals surface area contributed by atoms with Gasteiger partial charge in [0.1, 0.15) is 12.4 Å². The summed E-state index contributed by atoms with van der Waals surface area (Å²) in [5.74, 6) is -0.218. The molecule has 0 unspecified atom stereocenters. The topological polar surface area (TPSA) is 90.9 Å². The molecule has 1 fully saturated rings. The normalized spacial score (nSPS) is 15.4. The van der Waals surface area contributed by atoms with Crippen LogP contribution in [-0.2, 0) is 9.47 Å². The molecule has 1 aliphatic rings. The van der Waals surface area contributed by atoms with Gasteiger partial charge in [-0.1, -0.05) is 0 Å². The van der Waals surface area contributed by atoms with Crippen LogP contribution in [0.3, 0.4) is 0 Å². The van der Waals surface area contributed by atoms with E-state index < -0.39 is 5.97 Å². The van der Waals surface area contributed by atoms with Crippen LogP contribution in [0.2, 0.25) is 0 Å². The summed E-state index contributed by atoms with van der Waals surface area (Å²) in [6.45, 7) is 1.12. The van der Waals surface area contributed by atoms with Crippen molar-refractivity contribution in [3.63, 3.8) is 0 Å². The third-order valence-corrected chi connectivity index (χ3v) is 3.20. The molecule has 0 spiro atoms. The number of carbonyl (C=O) groups is 2. The van der Waals surface area contributed by atoms with Gasteiger partial charge < -0.3 is 19.1 Å². The summed E-state index contributed by atoms with van der Waals surface area (Å²) >= 11 is 0. The molecule has 114 valence electrons. The summed E-state index contributed by atoms with van der Waals surface area (Å²) < 4.78 is 15.0. The first-order valence-electron chi connectivity index (χ1n) is 6.54. The lowest BCUT2D eigenvalue weighted by Gasteiger charge is -2.30. The molecule has 1 aliphatic heterocycles. The molecule has 0 saturated carbocycles. The van der Waals surface area contributed by atoms with Crippen molar-refractivity contribution in [2.24, 2.45) is 0 Å². The minimum Gasteiger partial charge on any atom is -0.474 e. The Morgan fingerprint density at radius 1 is 1.19 bits per heavy atom. The summed E-state index contributed by atoms with van der Waals surface area (Å²) in [6.07, 6.45) is 2.21. The Balaban J connectivity index is 1.92. The fourth-order valence-electron chi connectivity index (χ4n) is 2.08. The third-order valence-electron chi connectivity index (χ3n) is 3.20. The molecule has 21 heavy (non-hydrogen) atoms. The molecule has 0 aromatic carbocycles. The molecule has 1 amide bonds. The average molecular weight is 295 g/mol. The predicted octanol–water partition coefficient (Wildman–Crippen LogP) is 0.873. The number of methoxy groups -OCH3 is 2. The smallest absolute Gasteiger partial charge is 0.409 e. The van der Waals surface area contributed by atoms with E-state index in [9.17, 15) is 9.59 Å². The Kier molecular flexibility index (Phi) is 4.91. The lowest BCUT2D eigenvalue weighted by Crippen LogP contribution is -2.41. The van der Waals surface area contributed by atoms with E-state index in [4.69, 9.17) is 4.74 Å². The van der Waals surface area contributed by atoms with Crippen molar-refractivity contribution in [3.8, 4) is 5.88 Å². The van der Waals surface area contributed by atoms with Crippen LogP contribution in [0.15, 0.2) is 12.4 Å². The van der Waals surface area contributed by atoms with Crippen LogP contribution in [0.5, 0.6) is 5.88 Å². The minimum absolute atomic E-state index is 0.0636. The second kappa shape index (κ2) is 6.87. The van der Waals surface area contributed by atoms with Gasteiger partial charge in [-0.3, -0.25) is 0 Å². The van der Waals surface area contributed by atoms with Crippen LogP contribution in [0.1, 0.15) is 23.3 Å². The number of ether oxygens (including phenoxy) is 3. The van der Waals surface area contributed by atoms with Crippen LogP contribution in [-0.4, -0.2) is 60.3 Å². The zero-order chi connectivity index (χ0) is 15.2. The van der Waals surface area contributed by atoms with Crippen LogP contribution in [0.4, 0.5) is 4.79 Å². The summed E-state index contributed by atoms with van der Waals surface area (Å²) in [5, 5.41) is 0. The summed E-state index contributed by atoms with van der Waals surface area (Å²) in [4.78, 5) is 32.2. The van der Waals surface area contributed by atoms with Crippen LogP contribution in [0, 0.1) is 0 Å². The molecule has 1 aromatic rings. The van der Waals surface area contributed by atoms with Crippen molar-refractivity contribution in [3.05, 3.63) is 18.1 Å². The van der Waals surface area contributed by atoms with Gasteiger partial charge >= 0.3 is 12.1 Å². The van der Waals surface area contributed by atoms with E-state index in [1.807, 2.05) is 0 Å². The zero-order valence-electron chi connectivity index (χ0n) is 11.9. The highest BCUT2D eigenvalue weighted by Crippen LogP contribution is 2.18. The molecule has 0 N–H and O–H groups in total. The molecule has 8 heteroatoms. The fraction of sp³-hybridized carbons (Fsp3) is 0.538. The van der Waals surface area contributed by atoms with E-state index in [0.717, 1.165) is 0 Å². The van der Waals surface area contributed by atoms with Gasteiger partial charge in [-0.05, 0) is 0 Å². The molecule has 0 aliphatic carbocycles. The fourth-order valence-corrected chi connectivity index (χ4v) is 2.08. The van der Waals surface area contributed by atoms with E-state index >= 15 is 0 Å². The number of aromatic nitrogens is 2. The molecule has 1 saturated heterocycles. The summed E-state index contributed by atoms with van der Waals surface area (Å²) in [6, 6.07) is 1.44. The number of carbonyl (C=O) groups excluding carboxylic acids is 2. The van der Waals surface area contributed by atoms with Crippen molar-refractivity contribution in [2.75, 3.05) is 27.3 Å². The lowest BCUT2D eigenvalue weighted by atomic mass is 10.1. The van der Waals surface area contributed by atoms with Crippen molar-refractivity contribution in [1.82, 2.24) is 14.9 Å². The van der Waals surface area contributed by atoms with E-state index in [1.165, 1.54) is 26.6 Å². The number of rotatable bonds is 3. The number of nitrogens with zero attached hydrogens (tertiary/aromatic N) is 3. The Morgan fingerprint density at radius 2 is 1.90 bits per heavy atom. The highest BCUT2D eigenvalue weighted by Gasteiger charge is 2.24. The number of esters is 1. The number of piperidine rings is 1. The molecular weight excluding hydrogens is 278 g/mol. The number of hydrogen-bond acceptors (Lipinski definition) is 7. The maximum Gasteiger partial charge on any atom is 0.409 e. The van der Waals surface area contributed by atoms with E-state index in [2.05, 4.69) is 19.4 Å². The predicted molar refractivity (Wildman–Crippen MR) is 71.0 cm³/mol. The first kappa shape index (κ1) is 15.0. The zero-order valence-corrected chi connectivity index (χ0v) is 11.9. The van der Waals surface area contributed by atoms with Gasteiger partial charge in [0.25, 0.3) is 0 Å². The number of amides is 1. The molecule has 8 nitrogen and oxygen atoms in total. The largest absolute Gasteiger partial charge is 0.474 e. The van der Waals surface area contributed by atoms with E-state index in [1.54, 1.807) is 4.90 Å². The standard InChI is InChI=1S/C13H17N3O5/c1-19-12(17)10-7-11(15-8-14-10)21-9-3-5-16(6-4-9)13(18)20-2/h7-9H,3-6H2,1-2H3. The van der Waals surface area contributed by atoms with Crippen LogP contribution < -0.4 is 4.74 Å². The highest BCUT2D eigenvalue weighted by molar-refractivity contribution is 5.87. The summed E-state index contributed by atoms with van der Waals surface area (Å²) in [7, 11) is 2.65. The second-order valence-corrected chi connectivity index (χ2v) is 4.51. The van der Waals surface area contributed by atoms with Gasteiger partial charge in [0.15, 0.2) is 5.69 Å². The Hall–Kier alpha value is -2.38. The van der Waals surface area contributed by atoms with Crippen molar-refractivity contribution >= 4 is 12.1 Å². The molecule has 0 radical (unpaired) electrons. The van der Waals surface area contributed by atoms with Crippen molar-refractivity contribution in [2.45, 2.75) is 18.9 Å². The second-order valence-electron chi connectivity index (χ2n) is 4.51. The molecule has 0 bridgehead atoms. The Morgan fingerprint density at radius 3 is 2.52 bits per heavy atom. The average Bonchev–Trinajstić information content (AvgIpc) is 2.54. The first-order chi connectivity index (χ1) is 10.1. The Bertz CT molecular complexity index is 514. The van der Waals surface area contributed by atoms with Gasteiger partial charge in [-0.25, -0.2) is 19.6 Å². The van der Waals surface area contributed by atoms with Crippen LogP contribution in [0.25, 0.3) is 0 Å². The summed E-state index contributed by atoms with van der Waals surface area (Å²) in [5.41, 5.74) is 0.148. The Labute approximate surface area is 122 Å². The SMILES string of the molecule is COC(=O)c1cc(OC2CCN(C(=O)OC)CC2)ncn1. The van der Waals surface area contributed by atoms with Gasteiger partial charge in [0.05, 0.1) is 14.2 Å². The van der Waals surface area contributed by atoms with Gasteiger partial charge in [-0.15, -0.1) is 0 Å². The van der Waals surface area contributed by atoms with E-state index in [-0.39, 0.29) is 17.9 Å².